The van der Waals surface area contributed by atoms with Gasteiger partial charge in [0.15, 0.2) is 0 Å². The predicted octanol–water partition coefficient (Wildman–Crippen LogP) is 3.36. The van der Waals surface area contributed by atoms with Crippen LogP contribution < -0.4 is 0 Å². The molecule has 0 unspecified atom stereocenters. The first-order valence-corrected chi connectivity index (χ1v) is 5.86. The molecule has 1 heterocycles. The van der Waals surface area contributed by atoms with Gasteiger partial charge >= 0.3 is 5.97 Å². The molecule has 1 aromatic carbocycles. The number of carboxylic acids is 1. The summed E-state index contributed by atoms with van der Waals surface area (Å²) in [6.45, 7) is 0. The van der Waals surface area contributed by atoms with Gasteiger partial charge in [0.05, 0.1) is 11.8 Å². The standard InChI is InChI=1S/C15H12O3/c16-15(17)11-7-6-10-3-1-4-12(13(10)9-11)14-5-2-8-18-14/h2,4-9H,1,3H2,(H,16,17). The molecule has 0 saturated heterocycles. The normalized spacial score (nSPS) is 13.9. The minimum Gasteiger partial charge on any atom is -0.478 e. The Kier molecular flexibility index (Phi) is 2.52. The van der Waals surface area contributed by atoms with Crippen molar-refractivity contribution in [1.29, 1.82) is 0 Å². The van der Waals surface area contributed by atoms with Crippen LogP contribution in [0.2, 0.25) is 0 Å². The van der Waals surface area contributed by atoms with Gasteiger partial charge in [-0.2, -0.15) is 0 Å². The predicted molar refractivity (Wildman–Crippen MR) is 67.5 cm³/mol. The Morgan fingerprint density at radius 1 is 1.28 bits per heavy atom. The van der Waals surface area contributed by atoms with Crippen molar-refractivity contribution in [3.8, 4) is 0 Å². The van der Waals surface area contributed by atoms with Crippen molar-refractivity contribution < 1.29 is 14.3 Å². The summed E-state index contributed by atoms with van der Waals surface area (Å²) in [6, 6.07) is 9.02. The van der Waals surface area contributed by atoms with E-state index in [1.165, 1.54) is 5.56 Å². The average Bonchev–Trinajstić information content (AvgIpc) is 2.91. The lowest BCUT2D eigenvalue weighted by molar-refractivity contribution is 0.0697. The van der Waals surface area contributed by atoms with Gasteiger partial charge in [0, 0.05) is 5.57 Å². The molecule has 0 spiro atoms. The molecule has 0 aliphatic heterocycles. The third-order valence-corrected chi connectivity index (χ3v) is 3.20. The van der Waals surface area contributed by atoms with E-state index in [-0.39, 0.29) is 0 Å². The summed E-state index contributed by atoms with van der Waals surface area (Å²) in [4.78, 5) is 11.0. The van der Waals surface area contributed by atoms with Gasteiger partial charge in [-0.15, -0.1) is 0 Å². The van der Waals surface area contributed by atoms with E-state index in [1.807, 2.05) is 18.2 Å². The first-order chi connectivity index (χ1) is 8.75. The number of hydrogen-bond donors (Lipinski definition) is 1. The SMILES string of the molecule is O=C(O)c1ccc2c(c1)C(c1ccco1)=CCC2. The Labute approximate surface area is 104 Å². The summed E-state index contributed by atoms with van der Waals surface area (Å²) < 4.78 is 5.41. The summed E-state index contributed by atoms with van der Waals surface area (Å²) >= 11 is 0. The lowest BCUT2D eigenvalue weighted by Gasteiger charge is -2.16. The Balaban J connectivity index is 2.14. The van der Waals surface area contributed by atoms with E-state index in [0.29, 0.717) is 5.56 Å². The van der Waals surface area contributed by atoms with Gasteiger partial charge in [-0.25, -0.2) is 4.79 Å². The van der Waals surface area contributed by atoms with Crippen LogP contribution in [0.1, 0.15) is 33.7 Å². The Morgan fingerprint density at radius 3 is 2.89 bits per heavy atom. The lowest BCUT2D eigenvalue weighted by atomic mass is 9.88. The molecule has 3 heteroatoms. The highest BCUT2D eigenvalue weighted by atomic mass is 16.4. The lowest BCUT2D eigenvalue weighted by Crippen LogP contribution is -2.04. The van der Waals surface area contributed by atoms with Gasteiger partial charge in [0.25, 0.3) is 0 Å². The fraction of sp³-hybridized carbons (Fsp3) is 0.133. The third-order valence-electron chi connectivity index (χ3n) is 3.20. The van der Waals surface area contributed by atoms with E-state index in [2.05, 4.69) is 6.08 Å². The van der Waals surface area contributed by atoms with Crippen molar-refractivity contribution in [1.82, 2.24) is 0 Å². The van der Waals surface area contributed by atoms with E-state index in [4.69, 9.17) is 9.52 Å². The highest BCUT2D eigenvalue weighted by Crippen LogP contribution is 2.32. The summed E-state index contributed by atoms with van der Waals surface area (Å²) in [5, 5.41) is 9.06. The van der Waals surface area contributed by atoms with Gasteiger partial charge < -0.3 is 9.52 Å². The minimum absolute atomic E-state index is 0.313. The van der Waals surface area contributed by atoms with Gasteiger partial charge in [0.2, 0.25) is 0 Å². The number of carboxylic acid groups (broad SMARTS) is 1. The molecule has 0 bridgehead atoms. The summed E-state index contributed by atoms with van der Waals surface area (Å²) in [6.07, 6.45) is 5.63. The maximum Gasteiger partial charge on any atom is 0.335 e. The third kappa shape index (κ3) is 1.74. The second kappa shape index (κ2) is 4.18. The van der Waals surface area contributed by atoms with Gasteiger partial charge in [-0.3, -0.25) is 0 Å². The van der Waals surface area contributed by atoms with Gasteiger partial charge in [-0.05, 0) is 48.2 Å². The van der Waals surface area contributed by atoms with Crippen LogP contribution in [0, 0.1) is 0 Å². The molecular formula is C15H12O3. The molecule has 1 N–H and O–H groups in total. The molecule has 0 fully saturated rings. The van der Waals surface area contributed by atoms with Crippen LogP contribution in [0.15, 0.2) is 47.1 Å². The number of hydrogen-bond acceptors (Lipinski definition) is 2. The molecule has 90 valence electrons. The number of benzene rings is 1. The van der Waals surface area contributed by atoms with E-state index < -0.39 is 5.97 Å². The molecule has 3 rings (SSSR count). The Morgan fingerprint density at radius 2 is 2.17 bits per heavy atom. The number of aromatic carboxylic acids is 1. The quantitative estimate of drug-likeness (QED) is 0.875. The summed E-state index contributed by atoms with van der Waals surface area (Å²) in [5.41, 5.74) is 3.45. The Bertz CT molecular complexity index is 621. The average molecular weight is 240 g/mol. The van der Waals surface area contributed by atoms with Gasteiger partial charge in [-0.1, -0.05) is 12.1 Å². The smallest absolute Gasteiger partial charge is 0.335 e. The second-order valence-corrected chi connectivity index (χ2v) is 4.31. The van der Waals surface area contributed by atoms with Crippen molar-refractivity contribution in [2.75, 3.05) is 0 Å². The topological polar surface area (TPSA) is 50.4 Å². The molecule has 18 heavy (non-hydrogen) atoms. The maximum atomic E-state index is 11.0. The van der Waals surface area contributed by atoms with Crippen LogP contribution in [0.25, 0.3) is 5.57 Å². The first-order valence-electron chi connectivity index (χ1n) is 5.86. The first kappa shape index (κ1) is 10.8. The Hall–Kier alpha value is -2.29. The number of allylic oxidation sites excluding steroid dienone is 1. The zero-order chi connectivity index (χ0) is 12.5. The zero-order valence-corrected chi connectivity index (χ0v) is 9.72. The molecule has 0 amide bonds. The fourth-order valence-corrected chi connectivity index (χ4v) is 2.33. The molecule has 1 aliphatic carbocycles. The number of furan rings is 1. The van der Waals surface area contributed by atoms with Crippen molar-refractivity contribution in [2.24, 2.45) is 0 Å². The van der Waals surface area contributed by atoms with Crippen LogP contribution >= 0.6 is 0 Å². The second-order valence-electron chi connectivity index (χ2n) is 4.31. The van der Waals surface area contributed by atoms with E-state index in [1.54, 1.807) is 18.4 Å². The van der Waals surface area contributed by atoms with Crippen molar-refractivity contribution >= 4 is 11.5 Å². The fourth-order valence-electron chi connectivity index (χ4n) is 2.33. The van der Waals surface area contributed by atoms with Crippen LogP contribution in [-0.2, 0) is 6.42 Å². The zero-order valence-electron chi connectivity index (χ0n) is 9.72. The van der Waals surface area contributed by atoms with Crippen molar-refractivity contribution in [3.63, 3.8) is 0 Å². The molecule has 1 aromatic heterocycles. The molecule has 1 aliphatic rings. The minimum atomic E-state index is -0.901. The van der Waals surface area contributed by atoms with Crippen LogP contribution in [0.5, 0.6) is 0 Å². The number of aryl methyl sites for hydroxylation is 1. The van der Waals surface area contributed by atoms with Crippen LogP contribution in [-0.4, -0.2) is 11.1 Å². The van der Waals surface area contributed by atoms with Crippen molar-refractivity contribution in [3.05, 3.63) is 65.1 Å². The number of rotatable bonds is 2. The van der Waals surface area contributed by atoms with Crippen LogP contribution in [0.3, 0.4) is 0 Å². The van der Waals surface area contributed by atoms with E-state index >= 15 is 0 Å². The highest BCUT2D eigenvalue weighted by Gasteiger charge is 2.17. The summed E-state index contributed by atoms with van der Waals surface area (Å²) in [5.74, 6) is -0.111. The summed E-state index contributed by atoms with van der Waals surface area (Å²) in [7, 11) is 0. The molecular weight excluding hydrogens is 228 g/mol. The maximum absolute atomic E-state index is 11.0. The number of carbonyl (C=O) groups is 1. The molecule has 0 radical (unpaired) electrons. The molecule has 3 nitrogen and oxygen atoms in total. The van der Waals surface area contributed by atoms with Crippen molar-refractivity contribution in [2.45, 2.75) is 12.8 Å². The largest absolute Gasteiger partial charge is 0.478 e. The van der Waals surface area contributed by atoms with Gasteiger partial charge in [0.1, 0.15) is 5.76 Å². The molecule has 0 saturated carbocycles. The van der Waals surface area contributed by atoms with E-state index in [9.17, 15) is 4.79 Å². The highest BCUT2D eigenvalue weighted by molar-refractivity contribution is 5.90. The number of fused-ring (bicyclic) bond motifs is 1. The molecule has 0 atom stereocenters. The van der Waals surface area contributed by atoms with E-state index in [0.717, 1.165) is 29.7 Å². The monoisotopic (exact) mass is 240 g/mol. The van der Waals surface area contributed by atoms with Crippen LogP contribution in [0.4, 0.5) is 0 Å². The molecule has 2 aromatic rings.